The van der Waals surface area contributed by atoms with Crippen LogP contribution in [0.25, 0.3) is 10.9 Å². The van der Waals surface area contributed by atoms with Crippen molar-refractivity contribution in [3.8, 4) is 0 Å². The summed E-state index contributed by atoms with van der Waals surface area (Å²) in [6.07, 6.45) is 1.60. The van der Waals surface area contributed by atoms with E-state index in [1.54, 1.807) is 24.4 Å². The number of nitro benzene ring substituents is 1. The van der Waals surface area contributed by atoms with Crippen molar-refractivity contribution in [2.24, 2.45) is 10.2 Å². The molecule has 0 bridgehead atoms. The summed E-state index contributed by atoms with van der Waals surface area (Å²) >= 11 is 5.83. The molecule has 0 unspecified atom stereocenters. The van der Waals surface area contributed by atoms with E-state index < -0.39 is 14.9 Å². The SMILES string of the molecule is O=[N+]([O-])c1ccc(/N=N/c2c[nH]c3c(NS(=O)(=O)c4ccc(Cl)cc4)cccc23)cc1. The van der Waals surface area contributed by atoms with Gasteiger partial charge in [-0.1, -0.05) is 23.7 Å². The molecule has 156 valence electrons. The second-order valence-electron chi connectivity index (χ2n) is 6.43. The second kappa shape index (κ2) is 8.17. The molecule has 4 aromatic rings. The number of non-ortho nitro benzene ring substituents is 1. The van der Waals surface area contributed by atoms with Gasteiger partial charge in [0.05, 0.1) is 26.7 Å². The number of nitro groups is 1. The first-order chi connectivity index (χ1) is 14.8. The van der Waals surface area contributed by atoms with Crippen LogP contribution in [0.1, 0.15) is 0 Å². The Morgan fingerprint density at radius 2 is 1.68 bits per heavy atom. The molecule has 3 aromatic carbocycles. The number of fused-ring (bicyclic) bond motifs is 1. The van der Waals surface area contributed by atoms with Gasteiger partial charge in [0.25, 0.3) is 15.7 Å². The van der Waals surface area contributed by atoms with Crippen molar-refractivity contribution in [3.63, 3.8) is 0 Å². The number of H-pyrrole nitrogens is 1. The van der Waals surface area contributed by atoms with Gasteiger partial charge in [0.1, 0.15) is 5.69 Å². The number of hydrogen-bond acceptors (Lipinski definition) is 6. The van der Waals surface area contributed by atoms with Crippen molar-refractivity contribution in [2.75, 3.05) is 4.72 Å². The molecule has 1 aromatic heterocycles. The molecular formula is C20H14ClN5O4S. The Morgan fingerprint density at radius 3 is 2.35 bits per heavy atom. The van der Waals surface area contributed by atoms with E-state index in [4.69, 9.17) is 11.6 Å². The van der Waals surface area contributed by atoms with Gasteiger partial charge in [-0.25, -0.2) is 8.42 Å². The van der Waals surface area contributed by atoms with Gasteiger partial charge in [-0.05, 0) is 42.5 Å². The molecule has 2 N–H and O–H groups in total. The average molecular weight is 456 g/mol. The molecule has 0 saturated carbocycles. The summed E-state index contributed by atoms with van der Waals surface area (Å²) in [6.45, 7) is 0. The molecule has 0 fully saturated rings. The summed E-state index contributed by atoms with van der Waals surface area (Å²) in [6, 6.07) is 16.6. The molecule has 11 heteroatoms. The summed E-state index contributed by atoms with van der Waals surface area (Å²) < 4.78 is 27.9. The number of aromatic amines is 1. The molecule has 0 spiro atoms. The van der Waals surface area contributed by atoms with Gasteiger partial charge < -0.3 is 4.98 Å². The molecule has 0 amide bonds. The third-order valence-electron chi connectivity index (χ3n) is 4.40. The van der Waals surface area contributed by atoms with Crippen LogP contribution in [0.15, 0.2) is 88.1 Å². The number of sulfonamides is 1. The molecule has 0 atom stereocenters. The van der Waals surface area contributed by atoms with E-state index in [-0.39, 0.29) is 10.6 Å². The monoisotopic (exact) mass is 455 g/mol. The van der Waals surface area contributed by atoms with Gasteiger partial charge in [0.15, 0.2) is 0 Å². The van der Waals surface area contributed by atoms with Crippen LogP contribution in [0, 0.1) is 10.1 Å². The van der Waals surface area contributed by atoms with Crippen molar-refractivity contribution < 1.29 is 13.3 Å². The van der Waals surface area contributed by atoms with Gasteiger partial charge >= 0.3 is 0 Å². The quantitative estimate of drug-likeness (QED) is 0.211. The lowest BCUT2D eigenvalue weighted by Crippen LogP contribution is -2.13. The predicted octanol–water partition coefficient (Wildman–Crippen LogP) is 5.95. The molecule has 0 aliphatic rings. The highest BCUT2D eigenvalue weighted by atomic mass is 35.5. The smallest absolute Gasteiger partial charge is 0.269 e. The van der Waals surface area contributed by atoms with Crippen LogP contribution in [-0.4, -0.2) is 18.3 Å². The molecule has 1 heterocycles. The molecule has 31 heavy (non-hydrogen) atoms. The van der Waals surface area contributed by atoms with Crippen molar-refractivity contribution in [1.82, 2.24) is 4.98 Å². The van der Waals surface area contributed by atoms with Gasteiger partial charge in [-0.15, -0.1) is 5.11 Å². The van der Waals surface area contributed by atoms with E-state index in [1.165, 1.54) is 48.5 Å². The number of nitrogens with zero attached hydrogens (tertiary/aromatic N) is 3. The zero-order chi connectivity index (χ0) is 22.0. The second-order valence-corrected chi connectivity index (χ2v) is 8.55. The van der Waals surface area contributed by atoms with Gasteiger partial charge in [-0.2, -0.15) is 5.11 Å². The number of hydrogen-bond donors (Lipinski definition) is 2. The fourth-order valence-electron chi connectivity index (χ4n) is 2.88. The minimum atomic E-state index is -3.82. The Hall–Kier alpha value is -3.76. The van der Waals surface area contributed by atoms with Crippen LogP contribution in [0.5, 0.6) is 0 Å². The maximum atomic E-state index is 12.7. The summed E-state index contributed by atoms with van der Waals surface area (Å²) in [5.74, 6) is 0. The number of para-hydroxylation sites is 1. The molecular weight excluding hydrogens is 442 g/mol. The average Bonchev–Trinajstić information content (AvgIpc) is 3.17. The number of nitrogens with one attached hydrogen (secondary N) is 2. The highest BCUT2D eigenvalue weighted by molar-refractivity contribution is 7.92. The van der Waals surface area contributed by atoms with Crippen molar-refractivity contribution in [3.05, 3.63) is 88.1 Å². The van der Waals surface area contributed by atoms with Crippen molar-refractivity contribution in [2.45, 2.75) is 4.90 Å². The maximum Gasteiger partial charge on any atom is 0.269 e. The first-order valence-electron chi connectivity index (χ1n) is 8.88. The van der Waals surface area contributed by atoms with Gasteiger partial charge in [-0.3, -0.25) is 14.8 Å². The molecule has 4 rings (SSSR count). The summed E-state index contributed by atoms with van der Waals surface area (Å²) in [5, 5.41) is 20.1. The molecule has 0 radical (unpaired) electrons. The lowest BCUT2D eigenvalue weighted by molar-refractivity contribution is -0.384. The van der Waals surface area contributed by atoms with E-state index in [0.717, 1.165) is 0 Å². The molecule has 0 aliphatic heterocycles. The summed E-state index contributed by atoms with van der Waals surface area (Å²) in [5.41, 5.74) is 1.78. The molecule has 0 saturated heterocycles. The fourth-order valence-corrected chi connectivity index (χ4v) is 4.08. The highest BCUT2D eigenvalue weighted by Crippen LogP contribution is 2.33. The Kier molecular flexibility index (Phi) is 5.40. The first kappa shape index (κ1) is 20.5. The number of rotatable bonds is 6. The Labute approximate surface area is 181 Å². The number of anilines is 1. The van der Waals surface area contributed by atoms with E-state index in [9.17, 15) is 18.5 Å². The van der Waals surface area contributed by atoms with E-state index >= 15 is 0 Å². The third-order valence-corrected chi connectivity index (χ3v) is 6.03. The van der Waals surface area contributed by atoms with Crippen LogP contribution in [0.2, 0.25) is 5.02 Å². The van der Waals surface area contributed by atoms with E-state index in [2.05, 4.69) is 19.9 Å². The van der Waals surface area contributed by atoms with Crippen LogP contribution in [0.3, 0.4) is 0 Å². The maximum absolute atomic E-state index is 12.7. The number of aromatic nitrogens is 1. The Balaban J connectivity index is 1.62. The summed E-state index contributed by atoms with van der Waals surface area (Å²) in [7, 11) is -3.82. The lowest BCUT2D eigenvalue weighted by atomic mass is 10.2. The highest BCUT2D eigenvalue weighted by Gasteiger charge is 2.17. The van der Waals surface area contributed by atoms with Gasteiger partial charge in [0, 0.05) is 28.7 Å². The molecule has 9 nitrogen and oxygen atoms in total. The zero-order valence-electron chi connectivity index (χ0n) is 15.7. The van der Waals surface area contributed by atoms with Crippen molar-refractivity contribution >= 4 is 55.3 Å². The lowest BCUT2D eigenvalue weighted by Gasteiger charge is -2.09. The first-order valence-corrected chi connectivity index (χ1v) is 10.7. The Morgan fingerprint density at radius 1 is 0.968 bits per heavy atom. The largest absolute Gasteiger partial charge is 0.357 e. The topological polar surface area (TPSA) is 130 Å². The number of benzene rings is 3. The van der Waals surface area contributed by atoms with Crippen LogP contribution in [0.4, 0.5) is 22.7 Å². The standard InChI is InChI=1S/C20H14ClN5O4S/c21-13-4-10-16(11-5-13)31(29,30)25-18-3-1-2-17-19(12-22-20(17)18)24-23-14-6-8-15(9-7-14)26(27)28/h1-12,22,25H/b24-23+. The van der Waals surface area contributed by atoms with E-state index in [0.29, 0.717) is 33.0 Å². The minimum Gasteiger partial charge on any atom is -0.357 e. The van der Waals surface area contributed by atoms with Gasteiger partial charge in [0.2, 0.25) is 0 Å². The summed E-state index contributed by atoms with van der Waals surface area (Å²) in [4.78, 5) is 13.3. The minimum absolute atomic E-state index is 0.0383. The van der Waals surface area contributed by atoms with Crippen LogP contribution in [-0.2, 0) is 10.0 Å². The normalized spacial score (nSPS) is 11.8. The number of halogens is 1. The third kappa shape index (κ3) is 4.39. The zero-order valence-corrected chi connectivity index (χ0v) is 17.3. The number of azo groups is 1. The predicted molar refractivity (Wildman–Crippen MR) is 118 cm³/mol. The Bertz CT molecular complexity index is 1400. The van der Waals surface area contributed by atoms with Crippen LogP contribution < -0.4 is 4.72 Å². The van der Waals surface area contributed by atoms with E-state index in [1.807, 2.05) is 0 Å². The molecule has 0 aliphatic carbocycles. The van der Waals surface area contributed by atoms with Crippen molar-refractivity contribution in [1.29, 1.82) is 0 Å². The van der Waals surface area contributed by atoms with Crippen LogP contribution >= 0.6 is 11.6 Å². The fraction of sp³-hybridized carbons (Fsp3) is 0.